The van der Waals surface area contributed by atoms with Crippen LogP contribution < -0.4 is 0 Å². The van der Waals surface area contributed by atoms with Gasteiger partial charge in [-0.2, -0.15) is 0 Å². The van der Waals surface area contributed by atoms with E-state index in [0.29, 0.717) is 10.6 Å². The van der Waals surface area contributed by atoms with Gasteiger partial charge >= 0.3 is 0 Å². The summed E-state index contributed by atoms with van der Waals surface area (Å²) in [6.45, 7) is 1.72. The Morgan fingerprint density at radius 3 is 2.80 bits per heavy atom. The molecule has 10 heavy (non-hydrogen) atoms. The summed E-state index contributed by atoms with van der Waals surface area (Å²) >= 11 is 5.65. The van der Waals surface area contributed by atoms with Crippen molar-refractivity contribution in [2.24, 2.45) is 0 Å². The van der Waals surface area contributed by atoms with E-state index in [2.05, 4.69) is 0 Å². The van der Waals surface area contributed by atoms with E-state index in [-0.39, 0.29) is 6.16 Å². The summed E-state index contributed by atoms with van der Waals surface area (Å²) in [4.78, 5) is 9.04. The second kappa shape index (κ2) is 2.54. The minimum atomic E-state index is -3.00. The van der Waals surface area contributed by atoms with E-state index in [1.54, 1.807) is 13.0 Å². The average Bonchev–Trinajstić information content (AvgIpc) is 1.79. The van der Waals surface area contributed by atoms with Gasteiger partial charge in [0.2, 0.25) is 7.37 Å². The van der Waals surface area contributed by atoms with Crippen LogP contribution in [0.3, 0.4) is 0 Å². The van der Waals surface area contributed by atoms with Gasteiger partial charge in [0, 0.05) is 17.0 Å². The van der Waals surface area contributed by atoms with E-state index in [4.69, 9.17) is 16.5 Å². The molecule has 1 rings (SSSR count). The lowest BCUT2D eigenvalue weighted by Crippen LogP contribution is -1.91. The molecule has 4 heteroatoms. The van der Waals surface area contributed by atoms with Gasteiger partial charge in [-0.15, -0.1) is 0 Å². The van der Waals surface area contributed by atoms with E-state index in [0.717, 1.165) is 0 Å². The smallest absolute Gasteiger partial charge is 0.226 e. The zero-order chi connectivity index (χ0) is 7.78. The highest BCUT2D eigenvalue weighted by Crippen LogP contribution is 2.47. The van der Waals surface area contributed by atoms with Crippen LogP contribution in [0.1, 0.15) is 6.92 Å². The van der Waals surface area contributed by atoms with Crippen LogP contribution in [-0.2, 0) is 4.57 Å². The fourth-order valence-corrected chi connectivity index (χ4v) is 2.40. The van der Waals surface area contributed by atoms with Gasteiger partial charge in [0.1, 0.15) is 0 Å². The molecule has 1 heterocycles. The van der Waals surface area contributed by atoms with Gasteiger partial charge in [-0.3, -0.25) is 4.57 Å². The Balaban J connectivity index is 2.98. The molecule has 56 valence electrons. The first kappa shape index (κ1) is 8.06. The van der Waals surface area contributed by atoms with Gasteiger partial charge in [-0.05, 0) is 12.5 Å². The van der Waals surface area contributed by atoms with Crippen LogP contribution in [0.15, 0.2) is 22.5 Å². The van der Waals surface area contributed by atoms with Crippen LogP contribution in [0.5, 0.6) is 0 Å². The third-order valence-electron chi connectivity index (χ3n) is 1.30. The summed E-state index contributed by atoms with van der Waals surface area (Å²) in [5.74, 6) is 1.34. The van der Waals surface area contributed by atoms with Gasteiger partial charge in [-0.25, -0.2) is 0 Å². The molecule has 0 spiro atoms. The Kier molecular flexibility index (Phi) is 2.04. The Morgan fingerprint density at radius 2 is 2.40 bits per heavy atom. The average molecular weight is 179 g/mol. The van der Waals surface area contributed by atoms with Crippen LogP contribution in [-0.4, -0.2) is 11.1 Å². The summed E-state index contributed by atoms with van der Waals surface area (Å²) in [6, 6.07) is 0. The highest BCUT2D eigenvalue weighted by molar-refractivity contribution is 7.61. The Labute approximate surface area is 64.7 Å². The van der Waals surface area contributed by atoms with Crippen LogP contribution >= 0.6 is 19.0 Å². The van der Waals surface area contributed by atoms with Crippen molar-refractivity contribution in [3.8, 4) is 0 Å². The van der Waals surface area contributed by atoms with Crippen molar-refractivity contribution in [1.82, 2.24) is 0 Å². The lowest BCUT2D eigenvalue weighted by molar-refractivity contribution is 0.491. The van der Waals surface area contributed by atoms with E-state index in [1.165, 1.54) is 5.82 Å². The SMILES string of the molecule is CC1=CP(=O)(O)CC=C1Cl. The Hall–Kier alpha value is -0.0400. The Morgan fingerprint density at radius 1 is 1.80 bits per heavy atom. The van der Waals surface area contributed by atoms with Crippen LogP contribution in [0.2, 0.25) is 0 Å². The zero-order valence-electron chi connectivity index (χ0n) is 5.54. The first-order chi connectivity index (χ1) is 4.51. The molecule has 2 nitrogen and oxygen atoms in total. The molecule has 1 atom stereocenters. The monoisotopic (exact) mass is 178 g/mol. The van der Waals surface area contributed by atoms with Crippen molar-refractivity contribution in [2.75, 3.05) is 6.16 Å². The van der Waals surface area contributed by atoms with E-state index in [1.807, 2.05) is 0 Å². The van der Waals surface area contributed by atoms with Crippen molar-refractivity contribution in [1.29, 1.82) is 0 Å². The van der Waals surface area contributed by atoms with Crippen molar-refractivity contribution >= 4 is 19.0 Å². The molecule has 0 aliphatic carbocycles. The normalized spacial score (nSPS) is 33.1. The zero-order valence-corrected chi connectivity index (χ0v) is 7.19. The summed E-state index contributed by atoms with van der Waals surface area (Å²) in [7, 11) is -3.00. The van der Waals surface area contributed by atoms with E-state index >= 15 is 0 Å². The van der Waals surface area contributed by atoms with Gasteiger partial charge < -0.3 is 4.89 Å². The number of hydrogen-bond donors (Lipinski definition) is 1. The maximum atomic E-state index is 11.0. The third kappa shape index (κ3) is 1.72. The molecule has 0 fully saturated rings. The van der Waals surface area contributed by atoms with Gasteiger partial charge in [0.25, 0.3) is 0 Å². The number of rotatable bonds is 0. The summed E-state index contributed by atoms with van der Waals surface area (Å²) in [5.41, 5.74) is 0.693. The van der Waals surface area contributed by atoms with Crippen LogP contribution in [0.4, 0.5) is 0 Å². The molecule has 0 aromatic heterocycles. The van der Waals surface area contributed by atoms with Crippen molar-refractivity contribution in [2.45, 2.75) is 6.92 Å². The second-order valence-corrected chi connectivity index (χ2v) is 4.84. The van der Waals surface area contributed by atoms with Crippen molar-refractivity contribution in [3.05, 3.63) is 22.5 Å². The minimum Gasteiger partial charge on any atom is -0.341 e. The highest BCUT2D eigenvalue weighted by atomic mass is 35.5. The Bertz CT molecular complexity index is 254. The highest BCUT2D eigenvalue weighted by Gasteiger charge is 2.18. The fourth-order valence-electron chi connectivity index (χ4n) is 0.789. The second-order valence-electron chi connectivity index (χ2n) is 2.30. The van der Waals surface area contributed by atoms with Gasteiger partial charge in [0.05, 0.1) is 0 Å². The van der Waals surface area contributed by atoms with E-state index in [9.17, 15) is 4.57 Å². The molecule has 0 saturated heterocycles. The quantitative estimate of drug-likeness (QED) is 0.578. The summed E-state index contributed by atoms with van der Waals surface area (Å²) in [5, 5.41) is 0.584. The van der Waals surface area contributed by atoms with Crippen LogP contribution in [0.25, 0.3) is 0 Å². The summed E-state index contributed by atoms with van der Waals surface area (Å²) < 4.78 is 11.0. The largest absolute Gasteiger partial charge is 0.341 e. The molecule has 0 aromatic rings. The first-order valence-corrected chi connectivity index (χ1v) is 5.17. The van der Waals surface area contributed by atoms with E-state index < -0.39 is 7.37 Å². The molecule has 1 aliphatic heterocycles. The predicted molar refractivity (Wildman–Crippen MR) is 42.4 cm³/mol. The number of hydrogen-bond acceptors (Lipinski definition) is 1. The topological polar surface area (TPSA) is 37.3 Å². The number of allylic oxidation sites excluding steroid dienone is 3. The molecular weight excluding hydrogens is 170 g/mol. The molecule has 0 bridgehead atoms. The maximum absolute atomic E-state index is 11.0. The standard InChI is InChI=1S/C6H8ClO2P/c1-5-4-10(8,9)3-2-6(5)7/h2,4H,3H2,1H3,(H,8,9). The first-order valence-electron chi connectivity index (χ1n) is 2.88. The van der Waals surface area contributed by atoms with Crippen molar-refractivity contribution < 1.29 is 9.46 Å². The molecule has 1 unspecified atom stereocenters. The third-order valence-corrected chi connectivity index (χ3v) is 3.25. The maximum Gasteiger partial charge on any atom is 0.226 e. The molecule has 0 aromatic carbocycles. The molecule has 1 aliphatic rings. The van der Waals surface area contributed by atoms with Gasteiger partial charge in [0.15, 0.2) is 0 Å². The lowest BCUT2D eigenvalue weighted by atomic mass is 10.3. The molecule has 0 amide bonds. The predicted octanol–water partition coefficient (Wildman–Crippen LogP) is 2.30. The van der Waals surface area contributed by atoms with Crippen molar-refractivity contribution in [3.63, 3.8) is 0 Å². The number of halogens is 1. The van der Waals surface area contributed by atoms with Gasteiger partial charge in [-0.1, -0.05) is 17.7 Å². The summed E-state index contributed by atoms with van der Waals surface area (Å²) in [6.07, 6.45) is 1.75. The van der Waals surface area contributed by atoms with Crippen LogP contribution in [0, 0.1) is 0 Å². The molecule has 0 radical (unpaired) electrons. The molecule has 1 N–H and O–H groups in total. The lowest BCUT2D eigenvalue weighted by Gasteiger charge is -2.11. The minimum absolute atomic E-state index is 0.170. The molecular formula is C6H8ClO2P. The fraction of sp³-hybridized carbons (Fsp3) is 0.333. The molecule has 0 saturated carbocycles.